The van der Waals surface area contributed by atoms with Crippen LogP contribution in [-0.2, 0) is 9.59 Å². The normalized spacial score (nSPS) is 29.7. The molecule has 3 fully saturated rings. The Hall–Kier alpha value is -3.81. The number of nitrogens with zero attached hydrogens (tertiary/aromatic N) is 3. The number of carbonyl (C=O) groups is 3. The summed E-state index contributed by atoms with van der Waals surface area (Å²) in [6.07, 6.45) is 5.31. The Bertz CT molecular complexity index is 1300. The predicted octanol–water partition coefficient (Wildman–Crippen LogP) is 3.87. The highest BCUT2D eigenvalue weighted by molar-refractivity contribution is 6.10. The number of nitro groups is 1. The van der Waals surface area contributed by atoms with Crippen LogP contribution in [0, 0.1) is 59.5 Å². The molecule has 8 nitrogen and oxygen atoms in total. The fraction of sp³-hybridized carbons (Fsp3) is 0.370. The molecule has 4 aliphatic carbocycles. The third kappa shape index (κ3) is 3.23. The van der Waals surface area contributed by atoms with Crippen molar-refractivity contribution in [2.45, 2.75) is 20.3 Å². The lowest BCUT2D eigenvalue weighted by Crippen LogP contribution is -2.45. The summed E-state index contributed by atoms with van der Waals surface area (Å²) in [6.45, 7) is 3.66. The molecule has 2 saturated carbocycles. The molecule has 35 heavy (non-hydrogen) atoms. The number of hydrogen-bond acceptors (Lipinski definition) is 5. The molecule has 7 rings (SSSR count). The Labute approximate surface area is 202 Å². The van der Waals surface area contributed by atoms with Gasteiger partial charge < -0.3 is 0 Å². The van der Waals surface area contributed by atoms with Gasteiger partial charge in [0.25, 0.3) is 11.6 Å². The minimum absolute atomic E-state index is 0.0963. The van der Waals surface area contributed by atoms with Gasteiger partial charge in [-0.25, -0.2) is 0 Å². The van der Waals surface area contributed by atoms with Crippen molar-refractivity contribution in [3.63, 3.8) is 0 Å². The van der Waals surface area contributed by atoms with Gasteiger partial charge in [0.1, 0.15) is 6.67 Å². The summed E-state index contributed by atoms with van der Waals surface area (Å²) >= 11 is 0. The number of aryl methyl sites for hydroxylation is 2. The molecule has 1 saturated heterocycles. The van der Waals surface area contributed by atoms with Crippen LogP contribution in [0.4, 0.5) is 11.4 Å². The van der Waals surface area contributed by atoms with Crippen LogP contribution in [0.1, 0.15) is 27.9 Å². The van der Waals surface area contributed by atoms with Gasteiger partial charge in [-0.05, 0) is 73.3 Å². The average Bonchev–Trinajstić information content (AvgIpc) is 3.64. The number of non-ortho nitro benzene ring substituents is 1. The van der Waals surface area contributed by atoms with Gasteiger partial charge in [0.05, 0.1) is 16.8 Å². The summed E-state index contributed by atoms with van der Waals surface area (Å²) in [5.41, 5.74) is 2.45. The van der Waals surface area contributed by atoms with Crippen molar-refractivity contribution >= 4 is 29.1 Å². The SMILES string of the molecule is Cc1ccc(N(CN2C(=O)C3C4C=CC(C5CC45)C3C2=O)C(=O)c2cccc([N+](=O)[O-])c2)cc1C. The Morgan fingerprint density at radius 3 is 2.26 bits per heavy atom. The molecule has 2 bridgehead atoms. The number of anilines is 1. The molecule has 2 aromatic carbocycles. The monoisotopic (exact) mass is 471 g/mol. The van der Waals surface area contributed by atoms with Gasteiger partial charge in [0.2, 0.25) is 11.8 Å². The summed E-state index contributed by atoms with van der Waals surface area (Å²) in [4.78, 5) is 54.1. The van der Waals surface area contributed by atoms with Crippen LogP contribution >= 0.6 is 0 Å². The molecule has 8 heteroatoms. The number of allylic oxidation sites excluding steroid dienone is 2. The first kappa shape index (κ1) is 21.7. The Kier molecular flexibility index (Phi) is 4.71. The highest BCUT2D eigenvalue weighted by Crippen LogP contribution is 2.65. The van der Waals surface area contributed by atoms with Gasteiger partial charge in [-0.2, -0.15) is 0 Å². The van der Waals surface area contributed by atoms with E-state index in [1.165, 1.54) is 34.1 Å². The van der Waals surface area contributed by atoms with E-state index in [2.05, 4.69) is 12.2 Å². The highest BCUT2D eigenvalue weighted by Gasteiger charge is 2.67. The molecule has 6 atom stereocenters. The van der Waals surface area contributed by atoms with Crippen molar-refractivity contribution < 1.29 is 19.3 Å². The number of hydrogen-bond donors (Lipinski definition) is 0. The maximum Gasteiger partial charge on any atom is 0.270 e. The molecule has 0 aromatic heterocycles. The van der Waals surface area contributed by atoms with E-state index in [9.17, 15) is 24.5 Å². The number of amides is 3. The summed E-state index contributed by atoms with van der Waals surface area (Å²) in [5.74, 6) is -0.466. The summed E-state index contributed by atoms with van der Waals surface area (Å²) < 4.78 is 0. The average molecular weight is 472 g/mol. The topological polar surface area (TPSA) is 101 Å². The standard InChI is InChI=1S/C27H25N3O5/c1-14-6-7-17(10-15(14)2)28(25(31)16-4-3-5-18(11-16)30(34)35)13-29-26(32)23-19-8-9-20(22-12-21(19)22)24(23)27(29)33/h3-11,19-24H,12-13H2,1-2H3. The molecule has 0 spiro atoms. The Morgan fingerprint density at radius 1 is 1.00 bits per heavy atom. The van der Waals surface area contributed by atoms with Gasteiger partial charge >= 0.3 is 0 Å². The molecular weight excluding hydrogens is 446 g/mol. The van der Waals surface area contributed by atoms with Crippen LogP contribution < -0.4 is 4.90 Å². The first-order valence-electron chi connectivity index (χ1n) is 11.9. The van der Waals surface area contributed by atoms with Gasteiger partial charge in [0.15, 0.2) is 0 Å². The van der Waals surface area contributed by atoms with Crippen LogP contribution in [0.5, 0.6) is 0 Å². The number of imide groups is 1. The quantitative estimate of drug-likeness (QED) is 0.285. The number of likely N-dealkylation sites (tertiary alicyclic amines) is 1. The predicted molar refractivity (Wildman–Crippen MR) is 127 cm³/mol. The zero-order valence-electron chi connectivity index (χ0n) is 19.5. The fourth-order valence-corrected chi connectivity index (χ4v) is 6.36. The van der Waals surface area contributed by atoms with E-state index in [-0.39, 0.29) is 53.4 Å². The molecule has 0 N–H and O–H groups in total. The van der Waals surface area contributed by atoms with E-state index in [4.69, 9.17) is 0 Å². The zero-order chi connectivity index (χ0) is 24.6. The summed E-state index contributed by atoms with van der Waals surface area (Å²) in [6, 6.07) is 11.0. The number of rotatable bonds is 5. The molecule has 178 valence electrons. The molecule has 1 aliphatic heterocycles. The van der Waals surface area contributed by atoms with Gasteiger partial charge in [-0.1, -0.05) is 24.3 Å². The lowest BCUT2D eigenvalue weighted by Gasteiger charge is -2.37. The van der Waals surface area contributed by atoms with Crippen LogP contribution in [-0.4, -0.2) is 34.2 Å². The van der Waals surface area contributed by atoms with Gasteiger partial charge in [0, 0.05) is 23.4 Å². The zero-order valence-corrected chi connectivity index (χ0v) is 19.5. The first-order valence-corrected chi connectivity index (χ1v) is 11.9. The van der Waals surface area contributed by atoms with Crippen molar-refractivity contribution in [3.05, 3.63) is 81.4 Å². The van der Waals surface area contributed by atoms with E-state index >= 15 is 0 Å². The van der Waals surface area contributed by atoms with Crippen LogP contribution in [0.2, 0.25) is 0 Å². The lowest BCUT2D eigenvalue weighted by atomic mass is 9.63. The molecule has 2 aromatic rings. The van der Waals surface area contributed by atoms with E-state index in [1.807, 2.05) is 26.0 Å². The molecule has 0 radical (unpaired) electrons. The van der Waals surface area contributed by atoms with Crippen molar-refractivity contribution in [2.24, 2.45) is 35.5 Å². The van der Waals surface area contributed by atoms with Gasteiger partial charge in [-0.3, -0.25) is 34.3 Å². The van der Waals surface area contributed by atoms with Crippen molar-refractivity contribution in [2.75, 3.05) is 11.6 Å². The van der Waals surface area contributed by atoms with E-state index in [0.29, 0.717) is 17.5 Å². The molecule has 6 unspecified atom stereocenters. The third-order valence-electron chi connectivity index (χ3n) is 8.39. The van der Waals surface area contributed by atoms with Crippen molar-refractivity contribution in [1.29, 1.82) is 0 Å². The van der Waals surface area contributed by atoms with E-state index < -0.39 is 10.8 Å². The molecule has 1 heterocycles. The largest absolute Gasteiger partial charge is 0.290 e. The summed E-state index contributed by atoms with van der Waals surface area (Å²) in [7, 11) is 0. The Balaban J connectivity index is 1.36. The van der Waals surface area contributed by atoms with E-state index in [0.717, 1.165) is 17.5 Å². The van der Waals surface area contributed by atoms with Crippen LogP contribution in [0.25, 0.3) is 0 Å². The minimum atomic E-state index is -0.552. The van der Waals surface area contributed by atoms with Gasteiger partial charge in [-0.15, -0.1) is 0 Å². The molecular formula is C27H25N3O5. The Morgan fingerprint density at radius 2 is 1.66 bits per heavy atom. The molecule has 5 aliphatic rings. The second kappa shape index (κ2) is 7.60. The smallest absolute Gasteiger partial charge is 0.270 e. The first-order chi connectivity index (χ1) is 16.8. The number of benzene rings is 2. The minimum Gasteiger partial charge on any atom is -0.290 e. The fourth-order valence-electron chi connectivity index (χ4n) is 6.36. The lowest BCUT2D eigenvalue weighted by molar-refractivity contribution is -0.384. The van der Waals surface area contributed by atoms with Crippen molar-refractivity contribution in [1.82, 2.24) is 4.90 Å². The number of nitro benzene ring substituents is 1. The summed E-state index contributed by atoms with van der Waals surface area (Å²) in [5, 5.41) is 11.3. The highest BCUT2D eigenvalue weighted by atomic mass is 16.6. The third-order valence-corrected chi connectivity index (χ3v) is 8.39. The molecule has 3 amide bonds. The maximum atomic E-state index is 13.7. The van der Waals surface area contributed by atoms with Crippen LogP contribution in [0.3, 0.4) is 0 Å². The second-order valence-electron chi connectivity index (χ2n) is 10.2. The maximum absolute atomic E-state index is 13.7. The number of carbonyl (C=O) groups excluding carboxylic acids is 3. The van der Waals surface area contributed by atoms with Crippen LogP contribution in [0.15, 0.2) is 54.6 Å². The van der Waals surface area contributed by atoms with E-state index in [1.54, 1.807) is 6.07 Å². The van der Waals surface area contributed by atoms with Crippen molar-refractivity contribution in [3.8, 4) is 0 Å². The second-order valence-corrected chi connectivity index (χ2v) is 10.2.